The Morgan fingerprint density at radius 3 is 2.23 bits per heavy atom. The number of sulfonamides is 1. The summed E-state index contributed by atoms with van der Waals surface area (Å²) < 4.78 is 31.9. The molecule has 1 amide bonds. The van der Waals surface area contributed by atoms with Gasteiger partial charge in [-0.15, -0.1) is 11.8 Å². The van der Waals surface area contributed by atoms with Crippen LogP contribution in [0.15, 0.2) is 83.8 Å². The number of hydrogen-bond donors (Lipinski definition) is 1. The standard InChI is InChI=1S/C23H24N2O4S2/c1-17(23(26)24-18-8-7-11-22(16-18)30-2)25(31(3,27)28)19-12-14-21(15-13-19)29-20-9-5-4-6-10-20/h4-17H,1-3H3,(H,24,26)/t17-/m0/s1. The van der Waals surface area contributed by atoms with E-state index in [0.29, 0.717) is 22.9 Å². The number of anilines is 2. The zero-order valence-electron chi connectivity index (χ0n) is 17.5. The van der Waals surface area contributed by atoms with Gasteiger partial charge in [-0.1, -0.05) is 24.3 Å². The van der Waals surface area contributed by atoms with Gasteiger partial charge in [0.05, 0.1) is 11.9 Å². The van der Waals surface area contributed by atoms with Crippen LogP contribution in [0.5, 0.6) is 11.5 Å². The molecule has 0 saturated heterocycles. The predicted octanol–water partition coefficient (Wildman–Crippen LogP) is 4.99. The second-order valence-electron chi connectivity index (χ2n) is 6.87. The Kier molecular flexibility index (Phi) is 7.25. The first-order valence-corrected chi connectivity index (χ1v) is 12.6. The molecule has 0 unspecified atom stereocenters. The Hall–Kier alpha value is -2.97. The van der Waals surface area contributed by atoms with E-state index < -0.39 is 22.0 Å². The summed E-state index contributed by atoms with van der Waals surface area (Å²) in [7, 11) is -3.71. The van der Waals surface area contributed by atoms with E-state index in [0.717, 1.165) is 15.5 Å². The number of nitrogens with zero attached hydrogens (tertiary/aromatic N) is 1. The van der Waals surface area contributed by atoms with Crippen LogP contribution in [0.1, 0.15) is 6.92 Å². The molecular formula is C23H24N2O4S2. The van der Waals surface area contributed by atoms with Crippen molar-refractivity contribution in [1.82, 2.24) is 0 Å². The van der Waals surface area contributed by atoms with Crippen molar-refractivity contribution in [3.05, 3.63) is 78.9 Å². The van der Waals surface area contributed by atoms with Gasteiger partial charge in [0.25, 0.3) is 0 Å². The van der Waals surface area contributed by atoms with Crippen LogP contribution in [0.2, 0.25) is 0 Å². The lowest BCUT2D eigenvalue weighted by atomic mass is 10.2. The molecule has 8 heteroatoms. The van der Waals surface area contributed by atoms with Crippen molar-refractivity contribution in [2.75, 3.05) is 22.1 Å². The third-order valence-electron chi connectivity index (χ3n) is 4.50. The van der Waals surface area contributed by atoms with Crippen molar-refractivity contribution in [1.29, 1.82) is 0 Å². The number of nitrogens with one attached hydrogen (secondary N) is 1. The van der Waals surface area contributed by atoms with Gasteiger partial charge in [-0.05, 0) is 67.8 Å². The van der Waals surface area contributed by atoms with Crippen LogP contribution in [0.25, 0.3) is 0 Å². The number of benzene rings is 3. The van der Waals surface area contributed by atoms with Crippen LogP contribution >= 0.6 is 11.8 Å². The first-order valence-electron chi connectivity index (χ1n) is 9.55. The molecule has 0 aliphatic carbocycles. The third-order valence-corrected chi connectivity index (χ3v) is 6.46. The highest BCUT2D eigenvalue weighted by Crippen LogP contribution is 2.27. The molecule has 0 aromatic heterocycles. The minimum Gasteiger partial charge on any atom is -0.457 e. The molecule has 1 atom stereocenters. The highest BCUT2D eigenvalue weighted by Gasteiger charge is 2.29. The zero-order valence-corrected chi connectivity index (χ0v) is 19.1. The minimum absolute atomic E-state index is 0.378. The molecule has 3 rings (SSSR count). The summed E-state index contributed by atoms with van der Waals surface area (Å²) in [5.41, 5.74) is 0.993. The summed E-state index contributed by atoms with van der Waals surface area (Å²) >= 11 is 1.56. The molecule has 0 spiro atoms. The molecule has 0 radical (unpaired) electrons. The fourth-order valence-corrected chi connectivity index (χ4v) is 4.68. The summed E-state index contributed by atoms with van der Waals surface area (Å²) in [6.07, 6.45) is 3.03. The molecule has 0 bridgehead atoms. The van der Waals surface area contributed by atoms with Gasteiger partial charge in [0.2, 0.25) is 15.9 Å². The van der Waals surface area contributed by atoms with E-state index in [1.165, 1.54) is 0 Å². The molecule has 0 heterocycles. The molecule has 0 fully saturated rings. The molecular weight excluding hydrogens is 432 g/mol. The topological polar surface area (TPSA) is 75.7 Å². The molecule has 0 saturated carbocycles. The zero-order chi connectivity index (χ0) is 22.4. The molecule has 31 heavy (non-hydrogen) atoms. The lowest BCUT2D eigenvalue weighted by Crippen LogP contribution is -2.45. The van der Waals surface area contributed by atoms with Gasteiger partial charge >= 0.3 is 0 Å². The fraction of sp³-hybridized carbons (Fsp3) is 0.174. The lowest BCUT2D eigenvalue weighted by Gasteiger charge is -2.28. The maximum Gasteiger partial charge on any atom is 0.247 e. The van der Waals surface area contributed by atoms with E-state index in [4.69, 9.17) is 4.74 Å². The Bertz CT molecular complexity index is 1130. The number of rotatable bonds is 8. The van der Waals surface area contributed by atoms with E-state index in [1.54, 1.807) is 49.0 Å². The monoisotopic (exact) mass is 456 g/mol. The van der Waals surface area contributed by atoms with Crippen molar-refractivity contribution in [3.63, 3.8) is 0 Å². The Balaban J connectivity index is 1.80. The molecule has 0 aliphatic rings. The molecule has 3 aromatic rings. The van der Waals surface area contributed by atoms with Gasteiger partial charge in [-0.2, -0.15) is 0 Å². The van der Waals surface area contributed by atoms with E-state index in [9.17, 15) is 13.2 Å². The van der Waals surface area contributed by atoms with Crippen molar-refractivity contribution in [2.45, 2.75) is 17.9 Å². The van der Waals surface area contributed by atoms with Crippen molar-refractivity contribution < 1.29 is 17.9 Å². The van der Waals surface area contributed by atoms with Gasteiger partial charge in [-0.3, -0.25) is 9.10 Å². The van der Waals surface area contributed by atoms with Crippen LogP contribution in [0.3, 0.4) is 0 Å². The van der Waals surface area contributed by atoms with E-state index in [-0.39, 0.29) is 0 Å². The molecule has 0 aliphatic heterocycles. The molecule has 162 valence electrons. The van der Waals surface area contributed by atoms with Gasteiger partial charge in [0.15, 0.2) is 0 Å². The number of ether oxygens (including phenoxy) is 1. The van der Waals surface area contributed by atoms with Crippen molar-refractivity contribution in [2.24, 2.45) is 0 Å². The molecule has 6 nitrogen and oxygen atoms in total. The van der Waals surface area contributed by atoms with E-state index in [2.05, 4.69) is 5.32 Å². The van der Waals surface area contributed by atoms with Gasteiger partial charge in [0, 0.05) is 10.6 Å². The van der Waals surface area contributed by atoms with Crippen LogP contribution in [0, 0.1) is 0 Å². The van der Waals surface area contributed by atoms with Gasteiger partial charge in [0.1, 0.15) is 17.5 Å². The molecule has 3 aromatic carbocycles. The average molecular weight is 457 g/mol. The van der Waals surface area contributed by atoms with E-state index in [1.807, 2.05) is 54.8 Å². The van der Waals surface area contributed by atoms with Gasteiger partial charge in [-0.25, -0.2) is 8.42 Å². The normalized spacial score (nSPS) is 12.1. The first kappa shape index (κ1) is 22.7. The second-order valence-corrected chi connectivity index (χ2v) is 9.60. The predicted molar refractivity (Wildman–Crippen MR) is 127 cm³/mol. The molecule has 1 N–H and O–H groups in total. The van der Waals surface area contributed by atoms with Crippen LogP contribution in [0.4, 0.5) is 11.4 Å². The SMILES string of the molecule is CSc1cccc(NC(=O)[C@H](C)N(c2ccc(Oc3ccccc3)cc2)S(C)(=O)=O)c1. The van der Waals surface area contributed by atoms with Crippen molar-refractivity contribution in [3.8, 4) is 11.5 Å². The summed E-state index contributed by atoms with van der Waals surface area (Å²) in [6.45, 7) is 1.56. The summed E-state index contributed by atoms with van der Waals surface area (Å²) in [6, 6.07) is 22.3. The van der Waals surface area contributed by atoms with E-state index >= 15 is 0 Å². The van der Waals surface area contributed by atoms with Crippen LogP contribution < -0.4 is 14.4 Å². The number of thioether (sulfide) groups is 1. The average Bonchev–Trinajstić information content (AvgIpc) is 2.75. The number of para-hydroxylation sites is 1. The highest BCUT2D eigenvalue weighted by atomic mass is 32.2. The fourth-order valence-electron chi connectivity index (χ4n) is 3.04. The van der Waals surface area contributed by atoms with Crippen molar-refractivity contribution >= 4 is 39.1 Å². The number of hydrogen-bond acceptors (Lipinski definition) is 5. The highest BCUT2D eigenvalue weighted by molar-refractivity contribution is 7.98. The summed E-state index contributed by atoms with van der Waals surface area (Å²) in [5.74, 6) is 0.818. The maximum atomic E-state index is 12.8. The minimum atomic E-state index is -3.71. The Morgan fingerprint density at radius 1 is 0.968 bits per heavy atom. The largest absolute Gasteiger partial charge is 0.457 e. The van der Waals surface area contributed by atoms with Crippen LogP contribution in [-0.4, -0.2) is 32.9 Å². The number of carbonyl (C=O) groups is 1. The van der Waals surface area contributed by atoms with Crippen LogP contribution in [-0.2, 0) is 14.8 Å². The van der Waals surface area contributed by atoms with Gasteiger partial charge < -0.3 is 10.1 Å². The second kappa shape index (κ2) is 9.89. The lowest BCUT2D eigenvalue weighted by molar-refractivity contribution is -0.116. The first-order chi connectivity index (χ1) is 14.8. The summed E-state index contributed by atoms with van der Waals surface area (Å²) in [5, 5.41) is 2.80. The Morgan fingerprint density at radius 2 is 1.61 bits per heavy atom. The third kappa shape index (κ3) is 6.02. The Labute approximate surface area is 187 Å². The maximum absolute atomic E-state index is 12.8. The smallest absolute Gasteiger partial charge is 0.247 e. The summed E-state index contributed by atoms with van der Waals surface area (Å²) in [4.78, 5) is 13.8. The number of carbonyl (C=O) groups excluding carboxylic acids is 1. The number of amides is 1. The quantitative estimate of drug-likeness (QED) is 0.483.